The summed E-state index contributed by atoms with van der Waals surface area (Å²) >= 11 is 1.28. The van der Waals surface area contributed by atoms with Crippen molar-refractivity contribution in [2.75, 3.05) is 20.0 Å². The van der Waals surface area contributed by atoms with Crippen LogP contribution in [-0.2, 0) is 20.9 Å². The second-order valence-corrected chi connectivity index (χ2v) is 7.07. The molecule has 0 atom stereocenters. The molecule has 1 amide bonds. The zero-order valence-electron chi connectivity index (χ0n) is 15.6. The summed E-state index contributed by atoms with van der Waals surface area (Å²) in [6.07, 6.45) is 0. The average Bonchev–Trinajstić information content (AvgIpc) is 3.30. The van der Waals surface area contributed by atoms with Crippen LogP contribution in [0.4, 0.5) is 0 Å². The fourth-order valence-corrected chi connectivity index (χ4v) is 3.89. The summed E-state index contributed by atoms with van der Waals surface area (Å²) in [5.41, 5.74) is 0.711. The third-order valence-corrected chi connectivity index (χ3v) is 5.14. The number of aromatic nitrogens is 1. The fourth-order valence-electron chi connectivity index (χ4n) is 2.83. The van der Waals surface area contributed by atoms with Crippen molar-refractivity contribution >= 4 is 33.4 Å². The smallest absolute Gasteiger partial charge is 0.326 e. The summed E-state index contributed by atoms with van der Waals surface area (Å²) in [6, 6.07) is 12.6. The van der Waals surface area contributed by atoms with Gasteiger partial charge in [-0.2, -0.15) is 4.99 Å². The Morgan fingerprint density at radius 3 is 2.69 bits per heavy atom. The van der Waals surface area contributed by atoms with Crippen LogP contribution in [0.3, 0.4) is 0 Å². The molecule has 0 unspecified atom stereocenters. The first-order chi connectivity index (χ1) is 14.1. The number of nitrogens with zero attached hydrogens (tertiary/aromatic N) is 2. The Morgan fingerprint density at radius 2 is 1.93 bits per heavy atom. The number of hydrogen-bond acceptors (Lipinski definition) is 7. The van der Waals surface area contributed by atoms with E-state index in [1.54, 1.807) is 29.7 Å². The normalized spacial score (nSPS) is 12.9. The average molecular weight is 414 g/mol. The topological polar surface area (TPSA) is 88.4 Å². The van der Waals surface area contributed by atoms with Crippen molar-refractivity contribution < 1.29 is 28.5 Å². The minimum Gasteiger partial charge on any atom is -0.484 e. The molecule has 0 saturated heterocycles. The Bertz CT molecular complexity index is 1120. The lowest BCUT2D eigenvalue weighted by Crippen LogP contribution is -2.24. The van der Waals surface area contributed by atoms with Gasteiger partial charge in [0.2, 0.25) is 6.79 Å². The fraction of sp³-hybridized carbons (Fsp3) is 0.250. The Hall–Kier alpha value is -3.33. The van der Waals surface area contributed by atoms with Gasteiger partial charge in [-0.1, -0.05) is 29.5 Å². The molecule has 1 aromatic heterocycles. The molecule has 1 aliphatic heterocycles. The van der Waals surface area contributed by atoms with Gasteiger partial charge in [-0.05, 0) is 19.1 Å². The Labute approximate surface area is 169 Å². The molecule has 0 saturated carbocycles. The van der Waals surface area contributed by atoms with E-state index >= 15 is 0 Å². The summed E-state index contributed by atoms with van der Waals surface area (Å²) in [5, 5.41) is 0. The largest absolute Gasteiger partial charge is 0.484 e. The van der Waals surface area contributed by atoms with E-state index in [-0.39, 0.29) is 26.6 Å². The summed E-state index contributed by atoms with van der Waals surface area (Å²) in [7, 11) is 0. The monoisotopic (exact) mass is 414 g/mol. The quantitative estimate of drug-likeness (QED) is 0.576. The summed E-state index contributed by atoms with van der Waals surface area (Å²) < 4.78 is 23.8. The first kappa shape index (κ1) is 19.0. The number of ether oxygens (including phenoxy) is 4. The maximum atomic E-state index is 12.4. The SMILES string of the molecule is CCOC(=O)Cn1c(=NC(=O)COc2ccccc2)sc2cc3c(cc21)OCO3. The number of amides is 1. The molecule has 0 N–H and O–H groups in total. The van der Waals surface area contributed by atoms with Crippen LogP contribution in [0.2, 0.25) is 0 Å². The van der Waals surface area contributed by atoms with Gasteiger partial charge in [0.1, 0.15) is 12.3 Å². The summed E-state index contributed by atoms with van der Waals surface area (Å²) in [5.74, 6) is 0.903. The first-order valence-corrected chi connectivity index (χ1v) is 9.79. The van der Waals surface area contributed by atoms with Crippen LogP contribution >= 0.6 is 11.3 Å². The predicted octanol–water partition coefficient (Wildman–Crippen LogP) is 2.50. The van der Waals surface area contributed by atoms with Crippen molar-refractivity contribution in [2.45, 2.75) is 13.5 Å². The number of carbonyl (C=O) groups excluding carboxylic acids is 2. The molecule has 2 heterocycles. The molecule has 0 spiro atoms. The lowest BCUT2D eigenvalue weighted by Gasteiger charge is -2.06. The number of thiazole rings is 1. The molecule has 8 nitrogen and oxygen atoms in total. The van der Waals surface area contributed by atoms with E-state index in [1.807, 2.05) is 24.3 Å². The molecule has 29 heavy (non-hydrogen) atoms. The van der Waals surface area contributed by atoms with Gasteiger partial charge >= 0.3 is 5.97 Å². The lowest BCUT2D eigenvalue weighted by molar-refractivity contribution is -0.143. The van der Waals surface area contributed by atoms with Gasteiger partial charge in [0.15, 0.2) is 22.9 Å². The number of fused-ring (bicyclic) bond motifs is 2. The van der Waals surface area contributed by atoms with Crippen LogP contribution in [0.5, 0.6) is 17.2 Å². The van der Waals surface area contributed by atoms with Gasteiger partial charge in [0.25, 0.3) is 5.91 Å². The van der Waals surface area contributed by atoms with Crippen molar-refractivity contribution in [3.05, 3.63) is 47.3 Å². The number of para-hydroxylation sites is 1. The van der Waals surface area contributed by atoms with Gasteiger partial charge in [-0.25, -0.2) is 0 Å². The van der Waals surface area contributed by atoms with E-state index in [9.17, 15) is 9.59 Å². The predicted molar refractivity (Wildman–Crippen MR) is 105 cm³/mol. The number of benzene rings is 2. The van der Waals surface area contributed by atoms with Crippen molar-refractivity contribution in [1.29, 1.82) is 0 Å². The number of hydrogen-bond donors (Lipinski definition) is 0. The molecule has 150 valence electrons. The minimum atomic E-state index is -0.460. The van der Waals surface area contributed by atoms with Gasteiger partial charge < -0.3 is 23.5 Å². The van der Waals surface area contributed by atoms with E-state index in [0.29, 0.717) is 27.6 Å². The van der Waals surface area contributed by atoms with Gasteiger partial charge in [0.05, 0.1) is 16.8 Å². The third-order valence-electron chi connectivity index (χ3n) is 4.10. The Balaban J connectivity index is 1.67. The molecular formula is C20H18N2O6S. The number of rotatable bonds is 6. The highest BCUT2D eigenvalue weighted by atomic mass is 32.1. The van der Waals surface area contributed by atoms with Gasteiger partial charge in [0, 0.05) is 12.1 Å². The molecule has 9 heteroatoms. The van der Waals surface area contributed by atoms with E-state index < -0.39 is 11.9 Å². The standard InChI is InChI=1S/C20H18N2O6S/c1-2-25-19(24)10-22-14-8-15-16(28-12-27-15)9-17(14)29-20(22)21-18(23)11-26-13-6-4-3-5-7-13/h3-9H,2,10-12H2,1H3. The maximum Gasteiger partial charge on any atom is 0.326 e. The number of carbonyl (C=O) groups is 2. The minimum absolute atomic E-state index is 0.0703. The Morgan fingerprint density at radius 1 is 1.17 bits per heavy atom. The number of esters is 1. The molecular weight excluding hydrogens is 396 g/mol. The molecule has 0 fully saturated rings. The summed E-state index contributed by atoms with van der Waals surface area (Å²) in [6.45, 7) is 1.88. The van der Waals surface area contributed by atoms with Crippen LogP contribution in [0.15, 0.2) is 47.5 Å². The van der Waals surface area contributed by atoms with Crippen molar-refractivity contribution in [1.82, 2.24) is 4.57 Å². The van der Waals surface area contributed by atoms with E-state index in [4.69, 9.17) is 18.9 Å². The molecule has 2 aromatic carbocycles. The highest BCUT2D eigenvalue weighted by Gasteiger charge is 2.19. The van der Waals surface area contributed by atoms with Crippen LogP contribution < -0.4 is 19.0 Å². The van der Waals surface area contributed by atoms with E-state index in [1.165, 1.54) is 11.3 Å². The maximum absolute atomic E-state index is 12.4. The molecule has 3 aromatic rings. The second-order valence-electron chi connectivity index (χ2n) is 6.06. The first-order valence-electron chi connectivity index (χ1n) is 8.98. The van der Waals surface area contributed by atoms with Gasteiger partial charge in [-0.3, -0.25) is 9.59 Å². The lowest BCUT2D eigenvalue weighted by atomic mass is 10.3. The second kappa shape index (κ2) is 8.36. The zero-order valence-corrected chi connectivity index (χ0v) is 16.4. The van der Waals surface area contributed by atoms with Crippen LogP contribution in [0.25, 0.3) is 10.2 Å². The van der Waals surface area contributed by atoms with Crippen LogP contribution in [0, 0.1) is 0 Å². The van der Waals surface area contributed by atoms with Crippen LogP contribution in [-0.4, -0.2) is 36.5 Å². The highest BCUT2D eigenvalue weighted by molar-refractivity contribution is 7.16. The van der Waals surface area contributed by atoms with E-state index in [2.05, 4.69) is 4.99 Å². The Kier molecular flexibility index (Phi) is 5.48. The van der Waals surface area contributed by atoms with Crippen LogP contribution in [0.1, 0.15) is 6.92 Å². The van der Waals surface area contributed by atoms with Crippen molar-refractivity contribution in [2.24, 2.45) is 4.99 Å². The zero-order chi connectivity index (χ0) is 20.2. The van der Waals surface area contributed by atoms with Crippen molar-refractivity contribution in [3.63, 3.8) is 0 Å². The highest BCUT2D eigenvalue weighted by Crippen LogP contribution is 2.37. The van der Waals surface area contributed by atoms with Gasteiger partial charge in [-0.15, -0.1) is 0 Å². The molecule has 0 bridgehead atoms. The molecule has 4 rings (SSSR count). The van der Waals surface area contributed by atoms with E-state index in [0.717, 1.165) is 4.70 Å². The molecule has 0 radical (unpaired) electrons. The summed E-state index contributed by atoms with van der Waals surface area (Å²) in [4.78, 5) is 29.0. The third kappa shape index (κ3) is 4.24. The molecule has 1 aliphatic rings. The molecule has 0 aliphatic carbocycles. The van der Waals surface area contributed by atoms with Crippen molar-refractivity contribution in [3.8, 4) is 17.2 Å².